The Bertz CT molecular complexity index is 252. The van der Waals surface area contributed by atoms with Crippen LogP contribution in [0.2, 0.25) is 0 Å². The van der Waals surface area contributed by atoms with Crippen molar-refractivity contribution in [2.75, 3.05) is 6.61 Å². The second-order valence-electron chi connectivity index (χ2n) is 2.76. The van der Waals surface area contributed by atoms with Gasteiger partial charge >= 0.3 is 0 Å². The molecule has 1 aromatic rings. The molecule has 0 spiro atoms. The van der Waals surface area contributed by atoms with E-state index in [9.17, 15) is 0 Å². The van der Waals surface area contributed by atoms with Crippen molar-refractivity contribution in [3.63, 3.8) is 0 Å². The zero-order chi connectivity index (χ0) is 9.52. The van der Waals surface area contributed by atoms with Crippen molar-refractivity contribution in [1.29, 1.82) is 0 Å². The summed E-state index contributed by atoms with van der Waals surface area (Å²) in [4.78, 5) is 4.04. The second-order valence-corrected chi connectivity index (χ2v) is 2.76. The molecular weight excluding hydrogens is 166 g/mol. The quantitative estimate of drug-likeness (QED) is 0.522. The third-order valence-corrected chi connectivity index (χ3v) is 1.55. The van der Waals surface area contributed by atoms with Crippen molar-refractivity contribution < 1.29 is 4.74 Å². The molecule has 1 rings (SSSR count). The summed E-state index contributed by atoms with van der Waals surface area (Å²) in [5.41, 5.74) is 3.60. The average molecular weight is 181 g/mol. The Morgan fingerprint density at radius 2 is 2.38 bits per heavy atom. The number of nitrogens with zero attached hydrogens (tertiary/aromatic N) is 1. The van der Waals surface area contributed by atoms with E-state index in [4.69, 9.17) is 10.6 Å². The Balaban J connectivity index is 2.56. The van der Waals surface area contributed by atoms with Crippen LogP contribution in [-0.4, -0.2) is 11.6 Å². The van der Waals surface area contributed by atoms with Crippen LogP contribution in [0.1, 0.15) is 18.9 Å². The van der Waals surface area contributed by atoms with E-state index in [0.717, 1.165) is 24.3 Å². The van der Waals surface area contributed by atoms with Gasteiger partial charge in [0.2, 0.25) is 0 Å². The molecule has 0 aliphatic heterocycles. The van der Waals surface area contributed by atoms with E-state index in [-0.39, 0.29) is 0 Å². The summed E-state index contributed by atoms with van der Waals surface area (Å²) in [6.07, 6.45) is 4.47. The van der Waals surface area contributed by atoms with Gasteiger partial charge < -0.3 is 4.74 Å². The number of hydrazine groups is 1. The highest BCUT2D eigenvalue weighted by molar-refractivity contribution is 5.23. The normalized spacial score (nSPS) is 10.0. The first kappa shape index (κ1) is 9.95. The summed E-state index contributed by atoms with van der Waals surface area (Å²) in [7, 11) is 0. The van der Waals surface area contributed by atoms with E-state index < -0.39 is 0 Å². The maximum absolute atomic E-state index is 5.41. The number of hydrogen-bond donors (Lipinski definition) is 2. The van der Waals surface area contributed by atoms with Gasteiger partial charge in [-0.25, -0.2) is 0 Å². The summed E-state index contributed by atoms with van der Waals surface area (Å²) in [6, 6.07) is 1.93. The molecule has 0 saturated heterocycles. The van der Waals surface area contributed by atoms with Crippen molar-refractivity contribution >= 4 is 0 Å². The minimum absolute atomic E-state index is 0.607. The molecule has 0 saturated carbocycles. The Morgan fingerprint density at radius 1 is 1.54 bits per heavy atom. The van der Waals surface area contributed by atoms with Crippen molar-refractivity contribution in [2.45, 2.75) is 19.9 Å². The van der Waals surface area contributed by atoms with E-state index in [1.165, 1.54) is 0 Å². The molecule has 3 N–H and O–H groups in total. The van der Waals surface area contributed by atoms with Crippen LogP contribution in [0.4, 0.5) is 0 Å². The summed E-state index contributed by atoms with van der Waals surface area (Å²) < 4.78 is 5.41. The van der Waals surface area contributed by atoms with Crippen LogP contribution in [0.15, 0.2) is 18.5 Å². The molecule has 0 fully saturated rings. The Hall–Kier alpha value is -1.13. The number of pyridine rings is 1. The predicted octanol–water partition coefficient (Wildman–Crippen LogP) is 0.834. The summed E-state index contributed by atoms with van der Waals surface area (Å²) in [5, 5.41) is 0. The van der Waals surface area contributed by atoms with E-state index in [1.807, 2.05) is 6.07 Å². The molecule has 0 atom stereocenters. The van der Waals surface area contributed by atoms with Gasteiger partial charge in [-0.15, -0.1) is 0 Å². The number of nitrogens with one attached hydrogen (secondary N) is 1. The largest absolute Gasteiger partial charge is 0.492 e. The van der Waals surface area contributed by atoms with Crippen LogP contribution in [0.3, 0.4) is 0 Å². The molecule has 0 aromatic carbocycles. The second kappa shape index (κ2) is 5.50. The fraction of sp³-hybridized carbons (Fsp3) is 0.444. The van der Waals surface area contributed by atoms with Crippen LogP contribution < -0.4 is 16.0 Å². The van der Waals surface area contributed by atoms with Gasteiger partial charge in [0.25, 0.3) is 0 Å². The smallest absolute Gasteiger partial charge is 0.137 e. The van der Waals surface area contributed by atoms with Gasteiger partial charge in [-0.2, -0.15) is 0 Å². The van der Waals surface area contributed by atoms with Gasteiger partial charge in [0, 0.05) is 12.7 Å². The fourth-order valence-electron chi connectivity index (χ4n) is 0.977. The molecule has 1 aromatic heterocycles. The highest BCUT2D eigenvalue weighted by atomic mass is 16.5. The SMILES string of the molecule is CCCOc1cncc(CNN)c1. The van der Waals surface area contributed by atoms with Gasteiger partial charge in [-0.05, 0) is 18.1 Å². The molecule has 0 bridgehead atoms. The first-order valence-corrected chi connectivity index (χ1v) is 4.37. The Kier molecular flexibility index (Phi) is 4.21. The van der Waals surface area contributed by atoms with Crippen molar-refractivity contribution in [3.8, 4) is 5.75 Å². The molecule has 0 aliphatic rings. The lowest BCUT2D eigenvalue weighted by Crippen LogP contribution is -2.20. The Labute approximate surface area is 78.1 Å². The average Bonchev–Trinajstić information content (AvgIpc) is 2.16. The zero-order valence-corrected chi connectivity index (χ0v) is 7.79. The topological polar surface area (TPSA) is 60.2 Å². The highest BCUT2D eigenvalue weighted by Crippen LogP contribution is 2.10. The van der Waals surface area contributed by atoms with E-state index in [0.29, 0.717) is 6.54 Å². The number of hydrogen-bond acceptors (Lipinski definition) is 4. The third kappa shape index (κ3) is 3.40. The van der Waals surface area contributed by atoms with Gasteiger partial charge in [0.15, 0.2) is 0 Å². The van der Waals surface area contributed by atoms with Crippen LogP contribution in [-0.2, 0) is 6.54 Å². The van der Waals surface area contributed by atoms with Crippen LogP contribution >= 0.6 is 0 Å². The molecule has 1 heterocycles. The number of aromatic nitrogens is 1. The zero-order valence-electron chi connectivity index (χ0n) is 7.79. The van der Waals surface area contributed by atoms with Crippen LogP contribution in [0, 0.1) is 0 Å². The lowest BCUT2D eigenvalue weighted by atomic mass is 10.3. The molecule has 0 amide bonds. The standard InChI is InChI=1S/C9H15N3O/c1-2-3-13-9-4-8(6-12-10)5-11-7-9/h4-5,7,12H,2-3,6,10H2,1H3. The van der Waals surface area contributed by atoms with Gasteiger partial charge in [0.1, 0.15) is 5.75 Å². The predicted molar refractivity (Wildman–Crippen MR) is 51.1 cm³/mol. The Morgan fingerprint density at radius 3 is 3.08 bits per heavy atom. The maximum Gasteiger partial charge on any atom is 0.137 e. The molecule has 4 heteroatoms. The molecule has 0 unspecified atom stereocenters. The van der Waals surface area contributed by atoms with E-state index >= 15 is 0 Å². The van der Waals surface area contributed by atoms with Crippen LogP contribution in [0.5, 0.6) is 5.75 Å². The summed E-state index contributed by atoms with van der Waals surface area (Å²) in [5.74, 6) is 5.99. The van der Waals surface area contributed by atoms with Crippen molar-refractivity contribution in [1.82, 2.24) is 10.4 Å². The summed E-state index contributed by atoms with van der Waals surface area (Å²) in [6.45, 7) is 3.40. The number of ether oxygens (including phenoxy) is 1. The van der Waals surface area contributed by atoms with Gasteiger partial charge in [-0.3, -0.25) is 16.3 Å². The van der Waals surface area contributed by atoms with E-state index in [1.54, 1.807) is 12.4 Å². The molecule has 0 radical (unpaired) electrons. The molecular formula is C9H15N3O. The van der Waals surface area contributed by atoms with Crippen molar-refractivity contribution in [2.24, 2.45) is 5.84 Å². The minimum atomic E-state index is 0.607. The van der Waals surface area contributed by atoms with E-state index in [2.05, 4.69) is 17.3 Å². The lowest BCUT2D eigenvalue weighted by Gasteiger charge is -2.05. The van der Waals surface area contributed by atoms with Crippen molar-refractivity contribution in [3.05, 3.63) is 24.0 Å². The van der Waals surface area contributed by atoms with Gasteiger partial charge in [0.05, 0.1) is 12.8 Å². The first-order chi connectivity index (χ1) is 6.36. The lowest BCUT2D eigenvalue weighted by molar-refractivity contribution is 0.316. The monoisotopic (exact) mass is 181 g/mol. The summed E-state index contributed by atoms with van der Waals surface area (Å²) >= 11 is 0. The minimum Gasteiger partial charge on any atom is -0.492 e. The molecule has 0 aliphatic carbocycles. The van der Waals surface area contributed by atoms with Crippen LogP contribution in [0.25, 0.3) is 0 Å². The highest BCUT2D eigenvalue weighted by Gasteiger charge is 1.95. The molecule has 72 valence electrons. The third-order valence-electron chi connectivity index (χ3n) is 1.55. The first-order valence-electron chi connectivity index (χ1n) is 4.37. The van der Waals surface area contributed by atoms with Gasteiger partial charge in [-0.1, -0.05) is 6.92 Å². The molecule has 4 nitrogen and oxygen atoms in total. The maximum atomic E-state index is 5.41. The number of rotatable bonds is 5. The fourth-order valence-corrected chi connectivity index (χ4v) is 0.977. The number of nitrogens with two attached hydrogens (primary N) is 1. The molecule has 13 heavy (non-hydrogen) atoms.